The number of aromatic nitrogens is 2. The maximum atomic E-state index is 11.1. The summed E-state index contributed by atoms with van der Waals surface area (Å²) in [5, 5.41) is 3.03. The SMILES string of the molecule is CN(C)C1CCc2ccc(OCCCNc3n[s+]([O-])nc3N)cc21. The summed E-state index contributed by atoms with van der Waals surface area (Å²) in [4.78, 5) is 2.26. The number of nitrogens with two attached hydrogens (primary N) is 1. The van der Waals surface area contributed by atoms with Crippen molar-refractivity contribution < 1.29 is 9.29 Å². The van der Waals surface area contributed by atoms with Gasteiger partial charge in [0.05, 0.1) is 6.61 Å². The van der Waals surface area contributed by atoms with E-state index >= 15 is 0 Å². The van der Waals surface area contributed by atoms with Crippen LogP contribution in [0.15, 0.2) is 18.2 Å². The summed E-state index contributed by atoms with van der Waals surface area (Å²) in [6.07, 6.45) is 3.09. The molecule has 0 saturated heterocycles. The van der Waals surface area contributed by atoms with Crippen molar-refractivity contribution in [2.75, 3.05) is 38.3 Å². The second kappa shape index (κ2) is 7.33. The topological polar surface area (TPSA) is 99.4 Å². The number of nitrogens with one attached hydrogen (secondary N) is 1. The van der Waals surface area contributed by atoms with Crippen LogP contribution in [0.25, 0.3) is 0 Å². The molecule has 2 atom stereocenters. The van der Waals surface area contributed by atoms with Crippen molar-refractivity contribution in [2.45, 2.75) is 25.3 Å². The fourth-order valence-electron chi connectivity index (χ4n) is 3.05. The van der Waals surface area contributed by atoms with Crippen LogP contribution in [-0.4, -0.2) is 45.4 Å². The lowest BCUT2D eigenvalue weighted by atomic mass is 10.1. The van der Waals surface area contributed by atoms with Gasteiger partial charge in [0.15, 0.2) is 11.1 Å². The Balaban J connectivity index is 1.47. The quantitative estimate of drug-likeness (QED) is 0.584. The summed E-state index contributed by atoms with van der Waals surface area (Å²) in [5.41, 5.74) is 8.39. The van der Waals surface area contributed by atoms with Gasteiger partial charge in [-0.25, -0.2) is 0 Å². The molecule has 0 radical (unpaired) electrons. The third-order valence-electron chi connectivity index (χ3n) is 4.26. The predicted molar refractivity (Wildman–Crippen MR) is 94.9 cm³/mol. The summed E-state index contributed by atoms with van der Waals surface area (Å²) >= 11 is -1.57. The van der Waals surface area contributed by atoms with Crippen molar-refractivity contribution in [1.29, 1.82) is 0 Å². The number of ether oxygens (including phenoxy) is 1. The van der Waals surface area contributed by atoms with Gasteiger partial charge in [0.1, 0.15) is 5.75 Å². The first-order valence-corrected chi connectivity index (χ1v) is 9.12. The largest absolute Gasteiger partial charge is 0.546 e. The first-order valence-electron chi connectivity index (χ1n) is 8.06. The number of fused-ring (bicyclic) bond motifs is 1. The molecule has 0 aliphatic heterocycles. The van der Waals surface area contributed by atoms with Crippen LogP contribution in [0.1, 0.15) is 30.0 Å². The van der Waals surface area contributed by atoms with Crippen molar-refractivity contribution in [2.24, 2.45) is 0 Å². The highest BCUT2D eigenvalue weighted by Crippen LogP contribution is 2.36. The van der Waals surface area contributed by atoms with Crippen LogP contribution in [-0.2, 0) is 6.42 Å². The van der Waals surface area contributed by atoms with Gasteiger partial charge in [-0.2, -0.15) is 0 Å². The Morgan fingerprint density at radius 3 is 2.96 bits per heavy atom. The molecule has 7 nitrogen and oxygen atoms in total. The van der Waals surface area contributed by atoms with E-state index in [-0.39, 0.29) is 5.82 Å². The van der Waals surface area contributed by atoms with Gasteiger partial charge in [-0.1, -0.05) is 6.07 Å². The van der Waals surface area contributed by atoms with E-state index < -0.39 is 11.1 Å². The fraction of sp³-hybridized carbons (Fsp3) is 0.500. The van der Waals surface area contributed by atoms with Crippen LogP contribution in [0.2, 0.25) is 0 Å². The lowest BCUT2D eigenvalue weighted by Crippen LogP contribution is -2.17. The van der Waals surface area contributed by atoms with Crippen LogP contribution in [0.5, 0.6) is 5.75 Å². The zero-order valence-corrected chi connectivity index (χ0v) is 14.8. The van der Waals surface area contributed by atoms with Crippen LogP contribution < -0.4 is 15.8 Å². The smallest absolute Gasteiger partial charge is 0.232 e. The summed E-state index contributed by atoms with van der Waals surface area (Å²) in [6.45, 7) is 1.23. The Morgan fingerprint density at radius 1 is 1.42 bits per heavy atom. The predicted octanol–water partition coefficient (Wildman–Crippen LogP) is 2.22. The summed E-state index contributed by atoms with van der Waals surface area (Å²) in [7, 11) is 4.24. The Kier molecular flexibility index (Phi) is 5.17. The highest BCUT2D eigenvalue weighted by Gasteiger charge is 2.24. The van der Waals surface area contributed by atoms with Crippen LogP contribution in [0.3, 0.4) is 0 Å². The molecule has 130 valence electrons. The van der Waals surface area contributed by atoms with Crippen molar-refractivity contribution >= 4 is 22.8 Å². The average molecular weight is 349 g/mol. The number of anilines is 2. The van der Waals surface area contributed by atoms with E-state index in [1.165, 1.54) is 17.5 Å². The number of hydrogen-bond acceptors (Lipinski definition) is 7. The molecule has 1 aromatic carbocycles. The van der Waals surface area contributed by atoms with E-state index in [1.54, 1.807) is 0 Å². The molecule has 0 fully saturated rings. The van der Waals surface area contributed by atoms with Gasteiger partial charge in [0.25, 0.3) is 0 Å². The molecule has 0 saturated carbocycles. The first kappa shape index (κ1) is 16.9. The molecule has 0 bridgehead atoms. The van der Waals surface area contributed by atoms with E-state index in [0.29, 0.717) is 25.0 Å². The number of nitrogen functional groups attached to an aromatic ring is 1. The van der Waals surface area contributed by atoms with Crippen LogP contribution >= 0.6 is 11.1 Å². The second-order valence-corrected chi connectivity index (χ2v) is 6.98. The molecule has 0 spiro atoms. The van der Waals surface area contributed by atoms with Gasteiger partial charge in [0, 0.05) is 21.3 Å². The molecule has 24 heavy (non-hydrogen) atoms. The summed E-state index contributed by atoms with van der Waals surface area (Å²) in [6, 6.07) is 6.86. The molecule has 3 rings (SSSR count). The maximum Gasteiger partial charge on any atom is 0.232 e. The molecule has 8 heteroatoms. The zero-order valence-electron chi connectivity index (χ0n) is 14.0. The van der Waals surface area contributed by atoms with Gasteiger partial charge >= 0.3 is 0 Å². The average Bonchev–Trinajstić information content (AvgIpc) is 3.09. The van der Waals surface area contributed by atoms with Gasteiger partial charge in [-0.15, -0.1) is 0 Å². The minimum atomic E-state index is -1.57. The molecule has 1 heterocycles. The van der Waals surface area contributed by atoms with Crippen molar-refractivity contribution in [3.05, 3.63) is 29.3 Å². The lowest BCUT2D eigenvalue weighted by Gasteiger charge is -2.20. The molecule has 1 aliphatic carbocycles. The highest BCUT2D eigenvalue weighted by atomic mass is 32.2. The molecule has 1 aliphatic rings. The Labute approximate surface area is 144 Å². The van der Waals surface area contributed by atoms with Gasteiger partial charge in [-0.05, 0) is 56.6 Å². The zero-order chi connectivity index (χ0) is 17.1. The normalized spacial score (nSPS) is 17.2. The molecule has 2 unspecified atom stereocenters. The van der Waals surface area contributed by atoms with Crippen LogP contribution in [0.4, 0.5) is 11.6 Å². The number of benzene rings is 1. The number of nitrogens with zero attached hydrogens (tertiary/aromatic N) is 3. The molecular formula is C16H23N5O2S. The maximum absolute atomic E-state index is 11.1. The first-order chi connectivity index (χ1) is 11.5. The number of hydrogen-bond donors (Lipinski definition) is 2. The van der Waals surface area contributed by atoms with Crippen LogP contribution in [0, 0.1) is 0 Å². The van der Waals surface area contributed by atoms with E-state index in [2.05, 4.69) is 45.2 Å². The minimum absolute atomic E-state index is 0.197. The van der Waals surface area contributed by atoms with Crippen molar-refractivity contribution in [3.63, 3.8) is 0 Å². The molecule has 2 aromatic rings. The summed E-state index contributed by atoms with van der Waals surface area (Å²) in [5.74, 6) is 1.50. The third-order valence-corrected chi connectivity index (χ3v) is 4.95. The van der Waals surface area contributed by atoms with Gasteiger partial charge in [0.2, 0.25) is 11.6 Å². The monoisotopic (exact) mass is 349 g/mol. The molecule has 0 amide bonds. The fourth-order valence-corrected chi connectivity index (χ4v) is 3.66. The van der Waals surface area contributed by atoms with E-state index in [4.69, 9.17) is 10.5 Å². The summed E-state index contributed by atoms with van der Waals surface area (Å²) < 4.78 is 24.4. The van der Waals surface area contributed by atoms with Crippen molar-refractivity contribution in [1.82, 2.24) is 13.6 Å². The Hall–Kier alpha value is -1.90. The second-order valence-electron chi connectivity index (χ2n) is 6.15. The Morgan fingerprint density at radius 2 is 2.25 bits per heavy atom. The van der Waals surface area contributed by atoms with E-state index in [0.717, 1.165) is 18.6 Å². The van der Waals surface area contributed by atoms with Gasteiger partial charge in [-0.3, -0.25) is 0 Å². The lowest BCUT2D eigenvalue weighted by molar-refractivity contribution is 0.294. The highest BCUT2D eigenvalue weighted by molar-refractivity contribution is 7.14. The molecule has 1 aromatic heterocycles. The Bertz CT molecular complexity index is 704. The molecule has 3 N–H and O–H groups in total. The van der Waals surface area contributed by atoms with E-state index in [9.17, 15) is 4.55 Å². The van der Waals surface area contributed by atoms with Crippen molar-refractivity contribution in [3.8, 4) is 5.75 Å². The number of aryl methyl sites for hydroxylation is 1. The number of rotatable bonds is 7. The van der Waals surface area contributed by atoms with Gasteiger partial charge < -0.3 is 25.2 Å². The standard InChI is InChI=1S/C16H23N5O2S/c1-21(2)14-7-5-11-4-6-12(10-13(11)14)23-9-3-8-18-16-15(17)19-24(22)20-16/h4,6,10,14H,3,5,7-9H2,1-2H3,(H2,17,19)(H,18,20). The van der Waals surface area contributed by atoms with E-state index in [1.807, 2.05) is 6.07 Å². The third kappa shape index (κ3) is 3.77. The minimum Gasteiger partial charge on any atom is -0.546 e. The molecular weight excluding hydrogens is 326 g/mol.